The van der Waals surface area contributed by atoms with Crippen LogP contribution in [-0.4, -0.2) is 0 Å². The first-order valence-electron chi connectivity index (χ1n) is 3.98. The van der Waals surface area contributed by atoms with Crippen LogP contribution in [-0.2, 0) is 0 Å². The molecule has 0 aromatic heterocycles. The van der Waals surface area contributed by atoms with Gasteiger partial charge in [-0.2, -0.15) is 5.26 Å². The second kappa shape index (κ2) is 7.08. The van der Waals surface area contributed by atoms with Gasteiger partial charge in [0.05, 0.1) is 6.07 Å². The molecule has 0 amide bonds. The molecule has 0 aliphatic carbocycles. The van der Waals surface area contributed by atoms with Crippen LogP contribution in [0.25, 0.3) is 0 Å². The average Bonchev–Trinajstić information content (AvgIpc) is 2.04. The highest BCUT2D eigenvalue weighted by Gasteiger charge is 1.89. The molecule has 11 heavy (non-hydrogen) atoms. The summed E-state index contributed by atoms with van der Waals surface area (Å²) in [6.45, 7) is 7.43. The third-order valence-electron chi connectivity index (χ3n) is 1.58. The van der Waals surface area contributed by atoms with Gasteiger partial charge in [0.15, 0.2) is 0 Å². The lowest BCUT2D eigenvalue weighted by molar-refractivity contribution is 0.693. The fourth-order valence-electron chi connectivity index (χ4n) is 0.835. The van der Waals surface area contributed by atoms with E-state index in [1.807, 2.05) is 0 Å². The zero-order valence-corrected chi connectivity index (χ0v) is 6.97. The summed E-state index contributed by atoms with van der Waals surface area (Å²) in [6.07, 6.45) is 6.77. The molecule has 0 N–H and O–H groups in total. The van der Waals surface area contributed by atoms with Gasteiger partial charge in [-0.3, -0.25) is 0 Å². The molecule has 1 heteroatoms. The third kappa shape index (κ3) is 6.86. The highest BCUT2D eigenvalue weighted by molar-refractivity contribution is 5.10. The van der Waals surface area contributed by atoms with Gasteiger partial charge in [-0.25, -0.2) is 0 Å². The minimum Gasteiger partial charge on any atom is -0.198 e. The summed E-state index contributed by atoms with van der Waals surface area (Å²) in [5.74, 6) is 0. The van der Waals surface area contributed by atoms with Crippen molar-refractivity contribution in [2.75, 3.05) is 0 Å². The summed E-state index contributed by atoms with van der Waals surface area (Å²) in [7, 11) is 0. The van der Waals surface area contributed by atoms with Crippen molar-refractivity contribution in [3.8, 4) is 6.07 Å². The Hall–Kier alpha value is -1.03. The quantitative estimate of drug-likeness (QED) is 0.420. The molecular weight excluding hydrogens is 134 g/mol. The molecule has 1 nitrogen and oxygen atoms in total. The first-order valence-corrected chi connectivity index (χ1v) is 3.98. The van der Waals surface area contributed by atoms with Gasteiger partial charge in [-0.15, -0.1) is 0 Å². The highest BCUT2D eigenvalue weighted by Crippen LogP contribution is 2.08. The van der Waals surface area contributed by atoms with Crippen molar-refractivity contribution in [2.24, 2.45) is 0 Å². The maximum Gasteiger partial charge on any atom is 0.0621 e. The summed E-state index contributed by atoms with van der Waals surface area (Å²) in [5, 5.41) is 8.24. The van der Waals surface area contributed by atoms with Gasteiger partial charge in [0.1, 0.15) is 0 Å². The maximum atomic E-state index is 8.24. The summed E-state index contributed by atoms with van der Waals surface area (Å²) in [4.78, 5) is 0. The number of allylic oxidation sites excluding steroid dienone is 2. The molecule has 0 unspecified atom stereocenters. The number of nitriles is 1. The zero-order chi connectivity index (χ0) is 8.53. The van der Waals surface area contributed by atoms with E-state index >= 15 is 0 Å². The van der Waals surface area contributed by atoms with E-state index in [1.54, 1.807) is 6.08 Å². The van der Waals surface area contributed by atoms with Crippen molar-refractivity contribution in [1.82, 2.24) is 0 Å². The van der Waals surface area contributed by atoms with Crippen LogP contribution in [0, 0.1) is 11.3 Å². The molecule has 0 saturated heterocycles. The number of hydrogen-bond donors (Lipinski definition) is 0. The van der Waals surface area contributed by atoms with E-state index < -0.39 is 0 Å². The largest absolute Gasteiger partial charge is 0.198 e. The first kappa shape index (κ1) is 9.97. The summed E-state index contributed by atoms with van der Waals surface area (Å²) >= 11 is 0. The van der Waals surface area contributed by atoms with Gasteiger partial charge in [-0.05, 0) is 19.3 Å². The molecule has 0 bridgehead atoms. The van der Waals surface area contributed by atoms with Crippen LogP contribution in [0.3, 0.4) is 0 Å². The normalized spacial score (nSPS) is 8.64. The second-order valence-electron chi connectivity index (χ2n) is 2.58. The number of hydrogen-bond acceptors (Lipinski definition) is 1. The molecule has 0 atom stereocenters. The van der Waals surface area contributed by atoms with E-state index in [0.29, 0.717) is 6.42 Å². The predicted octanol–water partition coefficient (Wildman–Crippen LogP) is 3.20. The molecule has 0 spiro atoms. The van der Waals surface area contributed by atoms with E-state index in [9.17, 15) is 0 Å². The molecule has 0 aromatic rings. The smallest absolute Gasteiger partial charge is 0.0621 e. The predicted molar refractivity (Wildman–Crippen MR) is 48.0 cm³/mol. The minimum atomic E-state index is 0.681. The Balaban J connectivity index is 3.09. The average molecular weight is 149 g/mol. The van der Waals surface area contributed by atoms with Crippen LogP contribution in [0.15, 0.2) is 24.8 Å². The van der Waals surface area contributed by atoms with E-state index in [0.717, 1.165) is 31.3 Å². The van der Waals surface area contributed by atoms with E-state index in [1.165, 1.54) is 0 Å². The molecule has 0 heterocycles. The number of rotatable bonds is 6. The van der Waals surface area contributed by atoms with Gasteiger partial charge >= 0.3 is 0 Å². The Morgan fingerprint density at radius 2 is 2.09 bits per heavy atom. The zero-order valence-electron chi connectivity index (χ0n) is 6.97. The van der Waals surface area contributed by atoms with Crippen molar-refractivity contribution in [3.05, 3.63) is 24.8 Å². The monoisotopic (exact) mass is 149 g/mol. The number of nitrogens with zero attached hydrogens (tertiary/aromatic N) is 1. The highest BCUT2D eigenvalue weighted by atomic mass is 14.2. The Morgan fingerprint density at radius 3 is 2.64 bits per heavy atom. The van der Waals surface area contributed by atoms with Crippen LogP contribution in [0.5, 0.6) is 0 Å². The maximum absolute atomic E-state index is 8.24. The Morgan fingerprint density at radius 1 is 1.36 bits per heavy atom. The molecular formula is C10H15N. The second-order valence-corrected chi connectivity index (χ2v) is 2.58. The lowest BCUT2D eigenvalue weighted by Gasteiger charge is -1.97. The fourth-order valence-corrected chi connectivity index (χ4v) is 0.835. The third-order valence-corrected chi connectivity index (χ3v) is 1.58. The van der Waals surface area contributed by atoms with Crippen molar-refractivity contribution >= 4 is 0 Å². The minimum absolute atomic E-state index is 0.681. The number of unbranched alkanes of at least 4 members (excludes halogenated alkanes) is 3. The molecule has 60 valence electrons. The van der Waals surface area contributed by atoms with Crippen molar-refractivity contribution in [3.63, 3.8) is 0 Å². The van der Waals surface area contributed by atoms with Crippen LogP contribution >= 0.6 is 0 Å². The van der Waals surface area contributed by atoms with E-state index in [-0.39, 0.29) is 0 Å². The summed E-state index contributed by atoms with van der Waals surface area (Å²) in [5.41, 5.74) is 1.10. The molecule has 0 fully saturated rings. The lowest BCUT2D eigenvalue weighted by atomic mass is 10.1. The molecule has 0 aromatic carbocycles. The van der Waals surface area contributed by atoms with Gasteiger partial charge in [0.25, 0.3) is 0 Å². The molecule has 0 rings (SSSR count). The molecule has 0 aliphatic rings. The van der Waals surface area contributed by atoms with Gasteiger partial charge < -0.3 is 0 Å². The molecule has 0 aliphatic heterocycles. The van der Waals surface area contributed by atoms with Crippen molar-refractivity contribution < 1.29 is 0 Å². The molecule has 0 saturated carbocycles. The lowest BCUT2D eigenvalue weighted by Crippen LogP contribution is -1.78. The van der Waals surface area contributed by atoms with Gasteiger partial charge in [0.2, 0.25) is 0 Å². The van der Waals surface area contributed by atoms with Crippen LogP contribution < -0.4 is 0 Å². The van der Waals surface area contributed by atoms with Crippen LogP contribution in [0.4, 0.5) is 0 Å². The first-order chi connectivity index (χ1) is 5.31. The van der Waals surface area contributed by atoms with Crippen LogP contribution in [0.1, 0.15) is 32.1 Å². The van der Waals surface area contributed by atoms with Crippen LogP contribution in [0.2, 0.25) is 0 Å². The molecule has 0 radical (unpaired) electrons. The Bertz CT molecular complexity index is 162. The van der Waals surface area contributed by atoms with E-state index in [2.05, 4.69) is 19.2 Å². The van der Waals surface area contributed by atoms with Crippen molar-refractivity contribution in [1.29, 1.82) is 5.26 Å². The Kier molecular flexibility index (Phi) is 6.42. The standard InChI is InChI=1S/C10H15N/c1-3-10(2)8-6-4-5-7-9-11/h3H,1-2,4-8H2. The Labute approximate surface area is 69.0 Å². The summed E-state index contributed by atoms with van der Waals surface area (Å²) < 4.78 is 0. The van der Waals surface area contributed by atoms with Gasteiger partial charge in [0, 0.05) is 6.42 Å². The van der Waals surface area contributed by atoms with Crippen molar-refractivity contribution in [2.45, 2.75) is 32.1 Å². The van der Waals surface area contributed by atoms with E-state index in [4.69, 9.17) is 5.26 Å². The SMILES string of the molecule is C=CC(=C)CCCCCC#N. The fraction of sp³-hybridized carbons (Fsp3) is 0.500. The topological polar surface area (TPSA) is 23.8 Å². The van der Waals surface area contributed by atoms with Gasteiger partial charge in [-0.1, -0.05) is 31.2 Å². The summed E-state index contributed by atoms with van der Waals surface area (Å²) in [6, 6.07) is 2.13.